The van der Waals surface area contributed by atoms with Crippen molar-refractivity contribution in [3.63, 3.8) is 0 Å². The van der Waals surface area contributed by atoms with Crippen LogP contribution >= 0.6 is 20.8 Å². The van der Waals surface area contributed by atoms with Crippen molar-refractivity contribution in [2.75, 3.05) is 24.6 Å². The second kappa shape index (κ2) is 28.0. The first-order chi connectivity index (χ1) is 18.5. The van der Waals surface area contributed by atoms with Gasteiger partial charge in [0.2, 0.25) is 0 Å². The molecule has 2 heteroatoms. The fourth-order valence-corrected chi connectivity index (χ4v) is 14.9. The Balaban J connectivity index is 5.02. The fraction of sp³-hybridized carbons (Fsp3) is 1.00. The van der Waals surface area contributed by atoms with Gasteiger partial charge < -0.3 is 0 Å². The Labute approximate surface area is 252 Å². The predicted molar refractivity (Wildman–Crippen MR) is 187 cm³/mol. The average molecular weight is 620 g/mol. The molecule has 0 N–H and O–H groups in total. The molecule has 0 bridgehead atoms. The molecule has 0 saturated carbocycles. The van der Waals surface area contributed by atoms with Crippen molar-refractivity contribution in [3.05, 3.63) is 0 Å². The third-order valence-electron chi connectivity index (χ3n) is 9.28. The second-order valence-electron chi connectivity index (χ2n) is 13.2. The van der Waals surface area contributed by atoms with Crippen LogP contribution in [0.2, 0.25) is 0 Å². The Bertz CT molecular complexity index is 379. The van der Waals surface area contributed by atoms with Crippen molar-refractivity contribution in [1.82, 2.24) is 0 Å². The van der Waals surface area contributed by atoms with Gasteiger partial charge in [-0.25, -0.2) is 0 Å². The van der Waals surface area contributed by atoms with Gasteiger partial charge in [0.1, 0.15) is 0 Å². The fourth-order valence-electron chi connectivity index (χ4n) is 6.53. The van der Waals surface area contributed by atoms with E-state index in [4.69, 9.17) is 15.5 Å². The van der Waals surface area contributed by atoms with Crippen molar-refractivity contribution >= 4 is 20.8 Å². The van der Waals surface area contributed by atoms with Crippen LogP contribution in [0.3, 0.4) is 0 Å². The molecular weight excluding hydrogens is 543 g/mol. The van der Waals surface area contributed by atoms with Gasteiger partial charge in [0.05, 0.1) is 0 Å². The van der Waals surface area contributed by atoms with Crippen LogP contribution in [0.4, 0.5) is 0 Å². The van der Waals surface area contributed by atoms with Gasteiger partial charge in [0.25, 0.3) is 0 Å². The molecule has 0 rings (SSSR count). The van der Waals surface area contributed by atoms with E-state index in [0.29, 0.717) is 0 Å². The summed E-state index contributed by atoms with van der Waals surface area (Å²) in [6.45, 7) is 9.36. The van der Waals surface area contributed by atoms with Crippen LogP contribution in [0, 0.1) is 0 Å². The molecule has 0 amide bonds. The molecule has 0 fully saturated rings. The Morgan fingerprint density at radius 3 is 0.605 bits per heavy atom. The van der Waals surface area contributed by atoms with Crippen LogP contribution in [0.5, 0.6) is 0 Å². The van der Waals surface area contributed by atoms with Crippen LogP contribution in [-0.4, -0.2) is 24.6 Å². The number of rotatable bonds is 32. The monoisotopic (exact) mass is 618 g/mol. The van der Waals surface area contributed by atoms with E-state index in [2.05, 4.69) is 27.7 Å². The molecule has 0 spiro atoms. The molecule has 0 saturated heterocycles. The molecule has 0 atom stereocenters. The number of hydrogen-bond donors (Lipinski definition) is 0. The zero-order valence-electron chi connectivity index (χ0n) is 27.5. The summed E-state index contributed by atoms with van der Waals surface area (Å²) in [6.07, 6.45) is 47.0. The molecule has 0 aliphatic rings. The van der Waals surface area contributed by atoms with Crippen molar-refractivity contribution < 1.29 is 0 Å². The molecular formula is C36H76BrP. The molecule has 0 nitrogen and oxygen atoms in total. The quantitative estimate of drug-likeness (QED) is 0.0519. The topological polar surface area (TPSA) is 0 Å². The molecule has 0 heterocycles. The summed E-state index contributed by atoms with van der Waals surface area (Å²) in [6, 6.07) is 0. The number of hydrogen-bond acceptors (Lipinski definition) is 0. The summed E-state index contributed by atoms with van der Waals surface area (Å²) >= 11 is 4.80. The Morgan fingerprint density at radius 2 is 0.421 bits per heavy atom. The van der Waals surface area contributed by atoms with Crippen molar-refractivity contribution in [2.45, 2.75) is 207 Å². The van der Waals surface area contributed by atoms with Gasteiger partial charge in [0, 0.05) is 0 Å². The molecule has 0 radical (unpaired) electrons. The molecule has 232 valence electrons. The van der Waals surface area contributed by atoms with Crippen LogP contribution in [-0.2, 0) is 0 Å². The maximum absolute atomic E-state index is 4.80. The molecule has 0 aliphatic carbocycles. The standard InChI is InChI=1S/C36H76BrP/c1-5-9-13-17-21-25-29-33-38(37,34-30-26-22-18-14-10-6-2,35-31-27-23-19-15-11-7-3)36-32-28-24-20-16-12-8-4/h5-36H2,1-4H3. The average Bonchev–Trinajstić information content (AvgIpc) is 2.91. The summed E-state index contributed by atoms with van der Waals surface area (Å²) in [5, 5.41) is -1.78. The zero-order valence-corrected chi connectivity index (χ0v) is 29.9. The maximum atomic E-state index is 4.80. The van der Waals surface area contributed by atoms with Gasteiger partial charge in [-0.15, -0.1) is 0 Å². The summed E-state index contributed by atoms with van der Waals surface area (Å²) in [5.74, 6) is 0. The first-order valence-electron chi connectivity index (χ1n) is 18.3. The predicted octanol–water partition coefficient (Wildman–Crippen LogP) is 14.9. The van der Waals surface area contributed by atoms with Gasteiger partial charge in [-0.2, -0.15) is 0 Å². The van der Waals surface area contributed by atoms with Crippen LogP contribution in [0.25, 0.3) is 0 Å². The third kappa shape index (κ3) is 23.6. The Kier molecular flexibility index (Phi) is 28.7. The molecule has 0 aromatic carbocycles. The Hall–Kier alpha value is 0.910. The summed E-state index contributed by atoms with van der Waals surface area (Å²) in [5.41, 5.74) is 0. The minimum atomic E-state index is -1.78. The van der Waals surface area contributed by atoms with Crippen molar-refractivity contribution in [1.29, 1.82) is 0 Å². The molecule has 0 aliphatic heterocycles. The van der Waals surface area contributed by atoms with E-state index in [-0.39, 0.29) is 0 Å². The summed E-state index contributed by atoms with van der Waals surface area (Å²) in [7, 11) is 0. The molecule has 38 heavy (non-hydrogen) atoms. The second-order valence-corrected chi connectivity index (χ2v) is 24.6. The zero-order chi connectivity index (χ0) is 28.1. The van der Waals surface area contributed by atoms with Gasteiger partial charge in [-0.1, -0.05) is 0 Å². The summed E-state index contributed by atoms with van der Waals surface area (Å²) in [4.78, 5) is 0. The normalized spacial score (nSPS) is 13.1. The van der Waals surface area contributed by atoms with Crippen molar-refractivity contribution in [2.24, 2.45) is 0 Å². The van der Waals surface area contributed by atoms with E-state index >= 15 is 0 Å². The molecule has 0 aromatic rings. The minimum absolute atomic E-state index is 1.37. The molecule has 0 unspecified atom stereocenters. The van der Waals surface area contributed by atoms with Gasteiger partial charge in [0.15, 0.2) is 0 Å². The third-order valence-corrected chi connectivity index (χ3v) is 19.3. The van der Waals surface area contributed by atoms with Crippen LogP contribution in [0.15, 0.2) is 0 Å². The van der Waals surface area contributed by atoms with Crippen LogP contribution < -0.4 is 0 Å². The Morgan fingerprint density at radius 1 is 0.263 bits per heavy atom. The SMILES string of the molecule is CCCCCCCCCP(Br)(CCCCCCCCC)(CCCCCCCCC)CCCCCCCCC. The molecule has 0 aromatic heterocycles. The van der Waals surface area contributed by atoms with E-state index in [1.165, 1.54) is 180 Å². The number of halogens is 1. The van der Waals surface area contributed by atoms with E-state index in [0.717, 1.165) is 0 Å². The first-order valence-corrected chi connectivity index (χ1v) is 23.3. The van der Waals surface area contributed by atoms with Gasteiger partial charge in [-0.3, -0.25) is 0 Å². The van der Waals surface area contributed by atoms with Gasteiger partial charge >= 0.3 is 253 Å². The van der Waals surface area contributed by atoms with E-state index in [1.807, 2.05) is 0 Å². The first kappa shape index (κ1) is 38.9. The van der Waals surface area contributed by atoms with Crippen LogP contribution in [0.1, 0.15) is 207 Å². The summed E-state index contributed by atoms with van der Waals surface area (Å²) < 4.78 is 0. The van der Waals surface area contributed by atoms with Crippen molar-refractivity contribution in [3.8, 4) is 0 Å². The van der Waals surface area contributed by atoms with Gasteiger partial charge in [-0.05, 0) is 0 Å². The van der Waals surface area contributed by atoms with E-state index in [9.17, 15) is 0 Å². The van der Waals surface area contributed by atoms with E-state index < -0.39 is 5.31 Å². The van der Waals surface area contributed by atoms with E-state index in [1.54, 1.807) is 24.6 Å². The number of unbranched alkanes of at least 4 members (excludes halogenated alkanes) is 24.